The fourth-order valence-corrected chi connectivity index (χ4v) is 7.47. The van der Waals surface area contributed by atoms with Crippen LogP contribution in [-0.4, -0.2) is 62.8 Å². The number of benzene rings is 1. The maximum Gasteiger partial charge on any atom is 0.341 e. The number of anilines is 1. The summed E-state index contributed by atoms with van der Waals surface area (Å²) in [4.78, 5) is 29.0. The lowest BCUT2D eigenvalue weighted by Gasteiger charge is -2.30. The number of esters is 1. The molecule has 1 unspecified atom stereocenters. The van der Waals surface area contributed by atoms with Gasteiger partial charge in [-0.25, -0.2) is 13.2 Å². The Morgan fingerprint density at radius 1 is 1.20 bits per heavy atom. The lowest BCUT2D eigenvalue weighted by molar-refractivity contribution is 0.0600. The van der Waals surface area contributed by atoms with Crippen LogP contribution in [0.5, 0.6) is 0 Å². The van der Waals surface area contributed by atoms with Crippen molar-refractivity contribution < 1.29 is 22.7 Å². The molecule has 1 amide bonds. The number of halogens is 1. The normalized spacial score (nSPS) is 18.9. The zero-order valence-electron chi connectivity index (χ0n) is 20.2. The second-order valence-corrected chi connectivity index (χ2v) is 12.0. The van der Waals surface area contributed by atoms with Gasteiger partial charge < -0.3 is 10.1 Å². The van der Waals surface area contributed by atoms with E-state index in [0.29, 0.717) is 35.1 Å². The largest absolute Gasteiger partial charge is 0.465 e. The van der Waals surface area contributed by atoms with E-state index in [4.69, 9.17) is 4.74 Å². The molecule has 192 valence electrons. The average molecular weight is 542 g/mol. The van der Waals surface area contributed by atoms with Gasteiger partial charge in [0, 0.05) is 36.6 Å². The Morgan fingerprint density at radius 2 is 1.91 bits per heavy atom. The van der Waals surface area contributed by atoms with Gasteiger partial charge in [-0.15, -0.1) is 23.7 Å². The van der Waals surface area contributed by atoms with Gasteiger partial charge in [0.2, 0.25) is 10.0 Å². The van der Waals surface area contributed by atoms with Crippen LogP contribution in [0, 0.1) is 5.92 Å². The number of nitrogens with one attached hydrogen (secondary N) is 1. The summed E-state index contributed by atoms with van der Waals surface area (Å²) in [5, 5.41) is 3.33. The van der Waals surface area contributed by atoms with Gasteiger partial charge in [0.1, 0.15) is 5.00 Å². The van der Waals surface area contributed by atoms with Crippen molar-refractivity contribution in [3.8, 4) is 0 Å². The highest BCUT2D eigenvalue weighted by Gasteiger charge is 2.30. The van der Waals surface area contributed by atoms with Crippen LogP contribution in [-0.2, 0) is 27.7 Å². The Balaban J connectivity index is 0.00000342. The Kier molecular flexibility index (Phi) is 8.98. The molecule has 2 aliphatic rings. The fraction of sp³-hybridized carbons (Fsp3) is 0.500. The number of ether oxygens (including phenoxy) is 1. The minimum atomic E-state index is -3.59. The number of sulfonamides is 1. The van der Waals surface area contributed by atoms with E-state index in [1.165, 1.54) is 47.0 Å². The number of carbonyl (C=O) groups is 2. The van der Waals surface area contributed by atoms with Gasteiger partial charge in [0.25, 0.3) is 5.91 Å². The number of piperidine rings is 1. The Morgan fingerprint density at radius 3 is 2.54 bits per heavy atom. The molecule has 2 aromatic rings. The van der Waals surface area contributed by atoms with E-state index in [2.05, 4.69) is 24.1 Å². The molecule has 0 radical (unpaired) electrons. The van der Waals surface area contributed by atoms with Crippen LogP contribution in [0.1, 0.15) is 57.8 Å². The number of likely N-dealkylation sites (N-methyl/N-ethyl adjacent to an activating group) is 1. The standard InChI is InChI=1S/C24H31N3O5S2.ClH/c1-4-26-13-11-19-20(15-26)33-23(21(19)24(29)32-3)25-22(28)17-7-9-18(10-8-17)34(30,31)27-12-5-6-16(2)14-27;/h7-10,16H,4-6,11-15H2,1-3H3,(H,25,28);1H. The summed E-state index contributed by atoms with van der Waals surface area (Å²) in [6.45, 7) is 7.68. The van der Waals surface area contributed by atoms with Crippen molar-refractivity contribution in [2.45, 2.75) is 44.6 Å². The van der Waals surface area contributed by atoms with E-state index in [-0.39, 0.29) is 17.3 Å². The minimum absolute atomic E-state index is 0. The number of amides is 1. The number of methoxy groups -OCH3 is 1. The molecule has 8 nitrogen and oxygen atoms in total. The highest BCUT2D eigenvalue weighted by molar-refractivity contribution is 7.89. The van der Waals surface area contributed by atoms with E-state index in [1.54, 1.807) is 0 Å². The van der Waals surface area contributed by atoms with E-state index >= 15 is 0 Å². The maximum atomic E-state index is 13.0. The lowest BCUT2D eigenvalue weighted by Crippen LogP contribution is -2.39. The quantitative estimate of drug-likeness (QED) is 0.555. The summed E-state index contributed by atoms with van der Waals surface area (Å²) in [5.41, 5.74) is 1.68. The van der Waals surface area contributed by atoms with Crippen molar-refractivity contribution in [3.63, 3.8) is 0 Å². The molecule has 1 aromatic heterocycles. The molecular formula is C24H32ClN3O5S2. The number of rotatable bonds is 6. The van der Waals surface area contributed by atoms with E-state index in [9.17, 15) is 18.0 Å². The molecule has 0 bridgehead atoms. The van der Waals surface area contributed by atoms with Gasteiger partial charge in [-0.3, -0.25) is 9.69 Å². The molecule has 0 spiro atoms. The van der Waals surface area contributed by atoms with Crippen molar-refractivity contribution in [2.75, 3.05) is 38.6 Å². The monoisotopic (exact) mass is 541 g/mol. The Bertz CT molecular complexity index is 1180. The topological polar surface area (TPSA) is 96.0 Å². The molecule has 1 fully saturated rings. The van der Waals surface area contributed by atoms with Gasteiger partial charge in [0.15, 0.2) is 0 Å². The third-order valence-corrected chi connectivity index (χ3v) is 9.59. The molecule has 35 heavy (non-hydrogen) atoms. The van der Waals surface area contributed by atoms with Crippen LogP contribution < -0.4 is 5.32 Å². The summed E-state index contributed by atoms with van der Waals surface area (Å²) in [6.07, 6.45) is 2.60. The first-order valence-electron chi connectivity index (χ1n) is 11.6. The van der Waals surface area contributed by atoms with E-state index < -0.39 is 21.9 Å². The molecular weight excluding hydrogens is 510 g/mol. The first-order chi connectivity index (χ1) is 16.2. The molecule has 11 heteroatoms. The second-order valence-electron chi connectivity index (χ2n) is 8.91. The first kappa shape index (κ1) is 27.6. The lowest BCUT2D eigenvalue weighted by atomic mass is 10.0. The van der Waals surface area contributed by atoms with E-state index in [0.717, 1.165) is 49.3 Å². The predicted octanol–water partition coefficient (Wildman–Crippen LogP) is 4.01. The number of carbonyl (C=O) groups excluding carboxylic acids is 2. The van der Waals surface area contributed by atoms with Crippen molar-refractivity contribution in [2.24, 2.45) is 5.92 Å². The molecule has 3 heterocycles. The van der Waals surface area contributed by atoms with Gasteiger partial charge >= 0.3 is 5.97 Å². The number of fused-ring (bicyclic) bond motifs is 1. The SMILES string of the molecule is CCN1CCc2c(sc(NC(=O)c3ccc(S(=O)(=O)N4CCCC(C)C4)cc3)c2C(=O)OC)C1.Cl. The summed E-state index contributed by atoms with van der Waals surface area (Å²) < 4.78 is 32.5. The Labute approximate surface area is 217 Å². The molecule has 1 atom stereocenters. The van der Waals surface area contributed by atoms with Crippen molar-refractivity contribution in [3.05, 3.63) is 45.8 Å². The van der Waals surface area contributed by atoms with Crippen molar-refractivity contribution in [1.82, 2.24) is 9.21 Å². The van der Waals surface area contributed by atoms with Gasteiger partial charge in [-0.05, 0) is 61.6 Å². The van der Waals surface area contributed by atoms with Crippen LogP contribution in [0.2, 0.25) is 0 Å². The number of hydrogen-bond acceptors (Lipinski definition) is 7. The summed E-state index contributed by atoms with van der Waals surface area (Å²) in [5.74, 6) is -0.528. The molecule has 1 aromatic carbocycles. The highest BCUT2D eigenvalue weighted by atomic mass is 35.5. The highest BCUT2D eigenvalue weighted by Crippen LogP contribution is 2.38. The summed E-state index contributed by atoms with van der Waals surface area (Å²) in [7, 11) is -2.25. The number of nitrogens with zero attached hydrogens (tertiary/aromatic N) is 2. The van der Waals surface area contributed by atoms with Gasteiger partial charge in [-0.1, -0.05) is 13.8 Å². The minimum Gasteiger partial charge on any atom is -0.465 e. The van der Waals surface area contributed by atoms with Crippen LogP contribution in [0.3, 0.4) is 0 Å². The zero-order chi connectivity index (χ0) is 24.5. The molecule has 2 aliphatic heterocycles. The second kappa shape index (κ2) is 11.4. The van der Waals surface area contributed by atoms with Crippen molar-refractivity contribution >= 4 is 50.6 Å². The molecule has 1 saturated heterocycles. The van der Waals surface area contributed by atoms with Crippen LogP contribution in [0.15, 0.2) is 29.2 Å². The molecule has 1 N–H and O–H groups in total. The Hall–Kier alpha value is -1.98. The number of hydrogen-bond donors (Lipinski definition) is 1. The van der Waals surface area contributed by atoms with Crippen LogP contribution in [0.25, 0.3) is 0 Å². The molecule has 0 aliphatic carbocycles. The number of thiophene rings is 1. The third kappa shape index (κ3) is 5.72. The smallest absolute Gasteiger partial charge is 0.341 e. The zero-order valence-corrected chi connectivity index (χ0v) is 22.7. The van der Waals surface area contributed by atoms with Crippen LogP contribution in [0.4, 0.5) is 5.00 Å². The first-order valence-corrected chi connectivity index (χ1v) is 13.9. The molecule has 0 saturated carbocycles. The predicted molar refractivity (Wildman–Crippen MR) is 139 cm³/mol. The average Bonchev–Trinajstić information content (AvgIpc) is 3.20. The molecule has 4 rings (SSSR count). The third-order valence-electron chi connectivity index (χ3n) is 6.57. The van der Waals surface area contributed by atoms with E-state index in [1.807, 2.05) is 0 Å². The summed E-state index contributed by atoms with van der Waals surface area (Å²) in [6, 6.07) is 5.98. The van der Waals surface area contributed by atoms with Crippen LogP contribution >= 0.6 is 23.7 Å². The maximum absolute atomic E-state index is 13.0. The fourth-order valence-electron chi connectivity index (χ4n) is 4.60. The van der Waals surface area contributed by atoms with Crippen molar-refractivity contribution in [1.29, 1.82) is 0 Å². The summed E-state index contributed by atoms with van der Waals surface area (Å²) >= 11 is 1.40. The van der Waals surface area contributed by atoms with Gasteiger partial charge in [0.05, 0.1) is 17.6 Å². The van der Waals surface area contributed by atoms with Gasteiger partial charge in [-0.2, -0.15) is 4.31 Å².